The molecule has 0 bridgehead atoms. The smallest absolute Gasteiger partial charge is 0.269 e. The number of carbonyl (C=O) groups excluding carboxylic acids is 2. The zero-order valence-electron chi connectivity index (χ0n) is 13.6. The molecule has 0 aliphatic carbocycles. The third-order valence-electron chi connectivity index (χ3n) is 3.45. The number of rotatable bonds is 6. The van der Waals surface area contributed by atoms with Gasteiger partial charge in [-0.05, 0) is 42.5 Å². The largest absolute Gasteiger partial charge is 0.484 e. The topological polar surface area (TPSA) is 99.2 Å². The van der Waals surface area contributed by atoms with Crippen LogP contribution in [-0.2, 0) is 4.79 Å². The van der Waals surface area contributed by atoms with E-state index in [0.29, 0.717) is 17.1 Å². The number of para-hydroxylation sites is 2. The summed E-state index contributed by atoms with van der Waals surface area (Å²) in [6, 6.07) is 15.8. The number of nitrogens with two attached hydrogens (primary N) is 1. The molecule has 0 aliphatic rings. The average molecular weight is 415 g/mol. The Morgan fingerprint density at radius 2 is 1.85 bits per heavy atom. The van der Waals surface area contributed by atoms with Crippen molar-refractivity contribution in [2.45, 2.75) is 0 Å². The van der Waals surface area contributed by atoms with Crippen molar-refractivity contribution in [2.24, 2.45) is 5.73 Å². The lowest BCUT2D eigenvalue weighted by molar-refractivity contribution is -0.118. The van der Waals surface area contributed by atoms with Crippen LogP contribution in [0, 0.1) is 0 Å². The molecular weight excluding hydrogens is 400 g/mol. The molecule has 0 aliphatic heterocycles. The maximum Gasteiger partial charge on any atom is 0.269 e. The van der Waals surface area contributed by atoms with Crippen LogP contribution in [-0.4, -0.2) is 28.2 Å². The fourth-order valence-electron chi connectivity index (χ4n) is 2.23. The molecule has 0 radical (unpaired) electrons. The van der Waals surface area contributed by atoms with E-state index in [1.807, 2.05) is 12.1 Å². The Morgan fingerprint density at radius 3 is 2.54 bits per heavy atom. The summed E-state index contributed by atoms with van der Waals surface area (Å²) in [5.41, 5.74) is 6.51. The Labute approximate surface area is 157 Å². The third kappa shape index (κ3) is 4.28. The van der Waals surface area contributed by atoms with E-state index in [-0.39, 0.29) is 18.2 Å². The van der Waals surface area contributed by atoms with Crippen LogP contribution < -0.4 is 15.8 Å². The lowest BCUT2D eigenvalue weighted by Gasteiger charge is -2.11. The molecule has 0 atom stereocenters. The summed E-state index contributed by atoms with van der Waals surface area (Å²) >= 11 is 3.34. The van der Waals surface area contributed by atoms with Crippen molar-refractivity contribution in [1.82, 2.24) is 9.78 Å². The van der Waals surface area contributed by atoms with E-state index < -0.39 is 5.91 Å². The molecule has 8 heteroatoms. The van der Waals surface area contributed by atoms with Gasteiger partial charge in [0, 0.05) is 10.7 Å². The fraction of sp³-hybridized carbons (Fsp3) is 0.0556. The van der Waals surface area contributed by atoms with Crippen molar-refractivity contribution in [3.8, 4) is 11.4 Å². The summed E-state index contributed by atoms with van der Waals surface area (Å²) in [5, 5.41) is 6.88. The van der Waals surface area contributed by atoms with E-state index in [9.17, 15) is 9.59 Å². The molecule has 7 nitrogen and oxygen atoms in total. The summed E-state index contributed by atoms with van der Waals surface area (Å²) in [5.74, 6) is -0.342. The zero-order chi connectivity index (χ0) is 18.5. The van der Waals surface area contributed by atoms with Crippen LogP contribution in [0.4, 0.5) is 5.69 Å². The van der Waals surface area contributed by atoms with Gasteiger partial charge in [0.15, 0.2) is 6.61 Å². The van der Waals surface area contributed by atoms with Gasteiger partial charge in [-0.3, -0.25) is 9.59 Å². The predicted molar refractivity (Wildman–Crippen MR) is 100 cm³/mol. The zero-order valence-corrected chi connectivity index (χ0v) is 15.1. The number of carbonyl (C=O) groups is 2. The molecule has 0 saturated heterocycles. The fourth-order valence-corrected chi connectivity index (χ4v) is 2.50. The molecule has 132 valence electrons. The molecule has 1 aromatic heterocycles. The number of hydrogen-bond donors (Lipinski definition) is 2. The van der Waals surface area contributed by atoms with Gasteiger partial charge in [-0.1, -0.05) is 28.1 Å². The molecule has 0 unspecified atom stereocenters. The summed E-state index contributed by atoms with van der Waals surface area (Å²) in [6.07, 6.45) is 1.60. The van der Waals surface area contributed by atoms with E-state index in [0.717, 1.165) is 4.47 Å². The highest BCUT2D eigenvalue weighted by atomic mass is 79.9. The lowest BCUT2D eigenvalue weighted by atomic mass is 10.2. The molecule has 3 aromatic rings. The van der Waals surface area contributed by atoms with Crippen molar-refractivity contribution in [1.29, 1.82) is 0 Å². The van der Waals surface area contributed by atoms with Crippen LogP contribution in [0.2, 0.25) is 0 Å². The monoisotopic (exact) mass is 414 g/mol. The van der Waals surface area contributed by atoms with Crippen LogP contribution in [0.15, 0.2) is 65.3 Å². The minimum atomic E-state index is -0.617. The van der Waals surface area contributed by atoms with Crippen molar-refractivity contribution in [3.05, 3.63) is 71.0 Å². The number of primary amides is 1. The maximum absolute atomic E-state index is 12.2. The molecular formula is C18H15BrN4O3. The second-order valence-electron chi connectivity index (χ2n) is 5.32. The minimum Gasteiger partial charge on any atom is -0.484 e. The molecule has 1 heterocycles. The summed E-state index contributed by atoms with van der Waals surface area (Å²) in [6.45, 7) is -0.137. The van der Waals surface area contributed by atoms with E-state index >= 15 is 0 Å². The summed E-state index contributed by atoms with van der Waals surface area (Å²) in [4.78, 5) is 23.4. The number of nitrogens with one attached hydrogen (secondary N) is 1. The molecule has 0 fully saturated rings. The highest BCUT2D eigenvalue weighted by molar-refractivity contribution is 9.10. The van der Waals surface area contributed by atoms with Gasteiger partial charge in [0.05, 0.1) is 11.4 Å². The number of nitrogens with zero attached hydrogens (tertiary/aromatic N) is 2. The van der Waals surface area contributed by atoms with Gasteiger partial charge in [0.2, 0.25) is 0 Å². The lowest BCUT2D eigenvalue weighted by Crippen LogP contribution is -2.21. The third-order valence-corrected chi connectivity index (χ3v) is 3.98. The van der Waals surface area contributed by atoms with E-state index in [4.69, 9.17) is 10.5 Å². The summed E-state index contributed by atoms with van der Waals surface area (Å²) in [7, 11) is 0. The molecule has 0 saturated carbocycles. The Kier molecular flexibility index (Phi) is 5.33. The number of ether oxygens (including phenoxy) is 1. The highest BCUT2D eigenvalue weighted by Gasteiger charge is 2.11. The molecule has 0 spiro atoms. The van der Waals surface area contributed by atoms with E-state index in [1.54, 1.807) is 42.6 Å². The van der Waals surface area contributed by atoms with Gasteiger partial charge >= 0.3 is 0 Å². The normalized spacial score (nSPS) is 10.3. The van der Waals surface area contributed by atoms with Crippen molar-refractivity contribution in [3.63, 3.8) is 0 Å². The Hall–Kier alpha value is -3.13. The number of benzene rings is 2. The van der Waals surface area contributed by atoms with Gasteiger partial charge in [-0.15, -0.1) is 0 Å². The van der Waals surface area contributed by atoms with Gasteiger partial charge in [-0.2, -0.15) is 5.10 Å². The number of anilines is 1. The van der Waals surface area contributed by atoms with Crippen LogP contribution in [0.3, 0.4) is 0 Å². The minimum absolute atomic E-state index is 0.137. The molecule has 3 N–H and O–H groups in total. The highest BCUT2D eigenvalue weighted by Crippen LogP contribution is 2.20. The predicted octanol–water partition coefficient (Wildman–Crippen LogP) is 2.75. The van der Waals surface area contributed by atoms with Crippen molar-refractivity contribution < 1.29 is 14.3 Å². The first-order valence-electron chi connectivity index (χ1n) is 7.66. The van der Waals surface area contributed by atoms with Crippen molar-refractivity contribution >= 4 is 33.4 Å². The van der Waals surface area contributed by atoms with Crippen LogP contribution in [0.25, 0.3) is 5.69 Å². The second-order valence-corrected chi connectivity index (χ2v) is 6.23. The van der Waals surface area contributed by atoms with Crippen LogP contribution >= 0.6 is 15.9 Å². The van der Waals surface area contributed by atoms with E-state index in [2.05, 4.69) is 26.3 Å². The first-order chi connectivity index (χ1) is 12.5. The maximum atomic E-state index is 12.2. The van der Waals surface area contributed by atoms with Gasteiger partial charge < -0.3 is 15.8 Å². The van der Waals surface area contributed by atoms with E-state index in [1.165, 1.54) is 10.7 Å². The summed E-state index contributed by atoms with van der Waals surface area (Å²) < 4.78 is 7.87. The first-order valence-corrected chi connectivity index (χ1v) is 8.45. The Morgan fingerprint density at radius 1 is 1.12 bits per heavy atom. The number of hydrogen-bond acceptors (Lipinski definition) is 4. The second kappa shape index (κ2) is 7.83. The number of amides is 2. The van der Waals surface area contributed by atoms with Crippen molar-refractivity contribution in [2.75, 3.05) is 11.9 Å². The first kappa shape index (κ1) is 17.7. The molecule has 3 rings (SSSR count). The quantitative estimate of drug-likeness (QED) is 0.647. The number of aromatic nitrogens is 2. The molecule has 2 aromatic carbocycles. The average Bonchev–Trinajstić information content (AvgIpc) is 3.12. The Balaban J connectivity index is 1.70. The van der Waals surface area contributed by atoms with Gasteiger partial charge in [0.1, 0.15) is 11.4 Å². The van der Waals surface area contributed by atoms with Crippen LogP contribution in [0.5, 0.6) is 5.75 Å². The Bertz CT molecular complexity index is 938. The standard InChI is InChI=1S/C18H15BrN4O3/c19-12-5-7-13(8-6-12)26-11-17(24)21-14-3-1-2-4-16(14)23-10-9-15(22-23)18(20)25/h1-10H,11H2,(H2,20,25)(H,21,24). The molecule has 26 heavy (non-hydrogen) atoms. The number of halogens is 1. The van der Waals surface area contributed by atoms with Gasteiger partial charge in [0.25, 0.3) is 11.8 Å². The SMILES string of the molecule is NC(=O)c1ccn(-c2ccccc2NC(=O)COc2ccc(Br)cc2)n1. The van der Waals surface area contributed by atoms with Gasteiger partial charge in [-0.25, -0.2) is 4.68 Å². The van der Waals surface area contributed by atoms with Crippen LogP contribution in [0.1, 0.15) is 10.5 Å². The molecule has 2 amide bonds.